The summed E-state index contributed by atoms with van der Waals surface area (Å²) in [6.45, 7) is 3.64. The SMILES string of the molecule is Cc1ncc(-c2ccc(C(C(=O)Nc3cc(F)cc(CCC(=O)O)c3C)C3CCCC3)cc2)cc1Cl. The van der Waals surface area contributed by atoms with Crippen LogP contribution in [-0.4, -0.2) is 22.0 Å². The molecule has 3 aromatic rings. The van der Waals surface area contributed by atoms with Gasteiger partial charge in [0.2, 0.25) is 5.91 Å². The van der Waals surface area contributed by atoms with Crippen molar-refractivity contribution < 1.29 is 19.1 Å². The van der Waals surface area contributed by atoms with Crippen LogP contribution in [0.15, 0.2) is 48.7 Å². The number of nitrogens with zero attached hydrogens (tertiary/aromatic N) is 1. The van der Waals surface area contributed by atoms with Crippen LogP contribution in [0.3, 0.4) is 0 Å². The van der Waals surface area contributed by atoms with Gasteiger partial charge in [-0.25, -0.2) is 4.39 Å². The quantitative estimate of drug-likeness (QED) is 0.340. The minimum absolute atomic E-state index is 0.101. The lowest BCUT2D eigenvalue weighted by molar-refractivity contribution is -0.137. The molecule has 1 aliphatic rings. The zero-order chi connectivity index (χ0) is 25.8. The number of rotatable bonds is 8. The number of aromatic nitrogens is 1. The second kappa shape index (κ2) is 11.2. The number of aliphatic carboxylic acids is 1. The number of amides is 1. The zero-order valence-electron chi connectivity index (χ0n) is 20.5. The number of pyridine rings is 1. The Morgan fingerprint density at radius 3 is 2.44 bits per heavy atom. The summed E-state index contributed by atoms with van der Waals surface area (Å²) < 4.78 is 14.4. The number of aryl methyl sites for hydroxylation is 2. The number of nitrogens with one attached hydrogen (secondary N) is 1. The number of halogens is 2. The number of carboxylic acid groups (broad SMARTS) is 1. The predicted octanol–water partition coefficient (Wildman–Crippen LogP) is 7.09. The van der Waals surface area contributed by atoms with Gasteiger partial charge in [0.1, 0.15) is 5.82 Å². The van der Waals surface area contributed by atoms with E-state index in [1.165, 1.54) is 12.1 Å². The van der Waals surface area contributed by atoms with Crippen molar-refractivity contribution in [2.45, 2.75) is 58.3 Å². The summed E-state index contributed by atoms with van der Waals surface area (Å²) >= 11 is 6.25. The molecule has 1 fully saturated rings. The third kappa shape index (κ3) is 5.93. The Labute approximate surface area is 215 Å². The van der Waals surface area contributed by atoms with Gasteiger partial charge in [0, 0.05) is 23.9 Å². The maximum atomic E-state index is 14.4. The molecule has 1 aliphatic carbocycles. The van der Waals surface area contributed by atoms with Gasteiger partial charge in [-0.3, -0.25) is 14.6 Å². The van der Waals surface area contributed by atoms with Crippen molar-refractivity contribution in [3.05, 3.63) is 81.9 Å². The van der Waals surface area contributed by atoms with E-state index in [-0.39, 0.29) is 30.6 Å². The summed E-state index contributed by atoms with van der Waals surface area (Å²) in [6, 6.07) is 12.4. The largest absolute Gasteiger partial charge is 0.481 e. The smallest absolute Gasteiger partial charge is 0.303 e. The highest BCUT2D eigenvalue weighted by molar-refractivity contribution is 6.31. The topological polar surface area (TPSA) is 79.3 Å². The lowest BCUT2D eigenvalue weighted by Crippen LogP contribution is -2.27. The third-order valence-corrected chi connectivity index (χ3v) is 7.51. The second-order valence-electron chi connectivity index (χ2n) is 9.56. The van der Waals surface area contributed by atoms with Crippen LogP contribution in [0.5, 0.6) is 0 Å². The number of hydrogen-bond acceptors (Lipinski definition) is 3. The summed E-state index contributed by atoms with van der Waals surface area (Å²) in [4.78, 5) is 29.0. The Bertz CT molecular complexity index is 1270. The molecule has 0 bridgehead atoms. The van der Waals surface area contributed by atoms with E-state index >= 15 is 0 Å². The van der Waals surface area contributed by atoms with E-state index in [0.717, 1.165) is 48.1 Å². The first-order valence-electron chi connectivity index (χ1n) is 12.3. The van der Waals surface area contributed by atoms with Crippen LogP contribution in [0.2, 0.25) is 5.02 Å². The molecule has 7 heteroatoms. The van der Waals surface area contributed by atoms with Crippen molar-refractivity contribution >= 4 is 29.2 Å². The Morgan fingerprint density at radius 2 is 1.81 bits per heavy atom. The Balaban J connectivity index is 1.61. The minimum Gasteiger partial charge on any atom is -0.481 e. The van der Waals surface area contributed by atoms with Crippen LogP contribution in [0.25, 0.3) is 11.1 Å². The van der Waals surface area contributed by atoms with E-state index in [4.69, 9.17) is 16.7 Å². The van der Waals surface area contributed by atoms with Gasteiger partial charge in [0.05, 0.1) is 16.6 Å². The summed E-state index contributed by atoms with van der Waals surface area (Å²) in [5.74, 6) is -1.79. The highest BCUT2D eigenvalue weighted by atomic mass is 35.5. The summed E-state index contributed by atoms with van der Waals surface area (Å²) in [7, 11) is 0. The van der Waals surface area contributed by atoms with Crippen LogP contribution in [0, 0.1) is 25.6 Å². The average Bonchev–Trinajstić information content (AvgIpc) is 3.37. The van der Waals surface area contributed by atoms with E-state index in [9.17, 15) is 14.0 Å². The van der Waals surface area contributed by atoms with Crippen molar-refractivity contribution in [1.29, 1.82) is 0 Å². The molecule has 1 heterocycles. The van der Waals surface area contributed by atoms with Crippen LogP contribution in [0.4, 0.5) is 10.1 Å². The Morgan fingerprint density at radius 1 is 1.11 bits per heavy atom. The number of benzene rings is 2. The first-order valence-corrected chi connectivity index (χ1v) is 12.6. The van der Waals surface area contributed by atoms with Crippen LogP contribution >= 0.6 is 11.6 Å². The standard InChI is InChI=1S/C29H30ClFN2O3/c1-17-22(11-12-27(34)35)13-24(31)15-26(17)33-29(36)28(20-5-3-4-6-20)21-9-7-19(8-10-21)23-14-25(30)18(2)32-16-23/h7-10,13-16,20,28H,3-6,11-12H2,1-2H3,(H,33,36)(H,34,35). The van der Waals surface area contributed by atoms with E-state index in [1.807, 2.05) is 37.3 Å². The van der Waals surface area contributed by atoms with Gasteiger partial charge in [0.25, 0.3) is 0 Å². The number of hydrogen-bond donors (Lipinski definition) is 2. The molecule has 1 saturated carbocycles. The monoisotopic (exact) mass is 508 g/mol. The van der Waals surface area contributed by atoms with E-state index in [2.05, 4.69) is 10.3 Å². The second-order valence-corrected chi connectivity index (χ2v) is 9.96. The predicted molar refractivity (Wildman–Crippen MR) is 140 cm³/mol. The van der Waals surface area contributed by atoms with E-state index in [0.29, 0.717) is 21.8 Å². The molecule has 36 heavy (non-hydrogen) atoms. The molecular weight excluding hydrogens is 479 g/mol. The molecule has 5 nitrogen and oxygen atoms in total. The lowest BCUT2D eigenvalue weighted by Gasteiger charge is -2.24. The van der Waals surface area contributed by atoms with Gasteiger partial charge in [-0.1, -0.05) is 48.7 Å². The Kier molecular flexibility index (Phi) is 8.04. The summed E-state index contributed by atoms with van der Waals surface area (Å²) in [6.07, 6.45) is 5.97. The van der Waals surface area contributed by atoms with Crippen molar-refractivity contribution in [2.75, 3.05) is 5.32 Å². The summed E-state index contributed by atoms with van der Waals surface area (Å²) in [5.41, 5.74) is 5.21. The van der Waals surface area contributed by atoms with Gasteiger partial charge < -0.3 is 10.4 Å². The van der Waals surface area contributed by atoms with Gasteiger partial charge in [0.15, 0.2) is 0 Å². The van der Waals surface area contributed by atoms with Crippen molar-refractivity contribution in [3.63, 3.8) is 0 Å². The molecule has 0 saturated heterocycles. The summed E-state index contributed by atoms with van der Waals surface area (Å²) in [5, 5.41) is 12.6. The van der Waals surface area contributed by atoms with Gasteiger partial charge in [-0.05, 0) is 79.5 Å². The fourth-order valence-electron chi connectivity index (χ4n) is 5.05. The molecule has 1 aromatic heterocycles. The molecule has 0 aliphatic heterocycles. The van der Waals surface area contributed by atoms with Crippen molar-refractivity contribution in [3.8, 4) is 11.1 Å². The molecular formula is C29H30ClFN2O3. The van der Waals surface area contributed by atoms with Gasteiger partial charge in [-0.15, -0.1) is 0 Å². The van der Waals surface area contributed by atoms with Gasteiger partial charge in [-0.2, -0.15) is 0 Å². The molecule has 1 atom stereocenters. The maximum absolute atomic E-state index is 14.4. The fraction of sp³-hybridized carbons (Fsp3) is 0.345. The molecule has 0 spiro atoms. The highest BCUT2D eigenvalue weighted by Crippen LogP contribution is 2.39. The van der Waals surface area contributed by atoms with Crippen LogP contribution < -0.4 is 5.32 Å². The normalized spacial score (nSPS) is 14.6. The molecule has 188 valence electrons. The minimum atomic E-state index is -0.947. The van der Waals surface area contributed by atoms with Crippen LogP contribution in [0.1, 0.15) is 60.4 Å². The molecule has 1 amide bonds. The number of anilines is 1. The number of carbonyl (C=O) groups is 2. The first kappa shape index (κ1) is 25.8. The van der Waals surface area contributed by atoms with Gasteiger partial charge >= 0.3 is 5.97 Å². The highest BCUT2D eigenvalue weighted by Gasteiger charge is 2.32. The molecule has 2 aromatic carbocycles. The van der Waals surface area contributed by atoms with E-state index < -0.39 is 11.8 Å². The Hall–Kier alpha value is -3.25. The number of carbonyl (C=O) groups excluding carboxylic acids is 1. The molecule has 1 unspecified atom stereocenters. The fourth-order valence-corrected chi connectivity index (χ4v) is 5.22. The van der Waals surface area contributed by atoms with Crippen molar-refractivity contribution in [1.82, 2.24) is 4.98 Å². The third-order valence-electron chi connectivity index (χ3n) is 7.13. The molecule has 4 rings (SSSR count). The van der Waals surface area contributed by atoms with Crippen molar-refractivity contribution in [2.24, 2.45) is 5.92 Å². The lowest BCUT2D eigenvalue weighted by atomic mass is 9.83. The molecule has 2 N–H and O–H groups in total. The first-order chi connectivity index (χ1) is 17.2. The zero-order valence-corrected chi connectivity index (χ0v) is 21.2. The maximum Gasteiger partial charge on any atom is 0.303 e. The van der Waals surface area contributed by atoms with E-state index in [1.54, 1.807) is 13.1 Å². The van der Waals surface area contributed by atoms with Crippen LogP contribution in [-0.2, 0) is 16.0 Å². The average molecular weight is 509 g/mol. The molecule has 0 radical (unpaired) electrons. The number of carboxylic acids is 1.